The third kappa shape index (κ3) is 4.06. The van der Waals surface area contributed by atoms with Gasteiger partial charge >= 0.3 is 0 Å². The van der Waals surface area contributed by atoms with Gasteiger partial charge < -0.3 is 10.2 Å². The van der Waals surface area contributed by atoms with Crippen LogP contribution in [-0.2, 0) is 9.84 Å². The van der Waals surface area contributed by atoms with Gasteiger partial charge in [0.25, 0.3) is 0 Å². The lowest BCUT2D eigenvalue weighted by Gasteiger charge is -2.39. The van der Waals surface area contributed by atoms with E-state index in [-0.39, 0.29) is 0 Å². The molecule has 26 heavy (non-hydrogen) atoms. The molecule has 0 saturated carbocycles. The number of piperidine rings is 1. The summed E-state index contributed by atoms with van der Waals surface area (Å²) in [5.74, 6) is 2.00. The summed E-state index contributed by atoms with van der Waals surface area (Å²) < 4.78 is 23.4. The molecule has 3 aliphatic rings. The maximum Gasteiger partial charge on any atom is 0.175 e. The van der Waals surface area contributed by atoms with E-state index >= 15 is 0 Å². The summed E-state index contributed by atoms with van der Waals surface area (Å²) in [5.41, 5.74) is 1.12. The molecule has 0 bridgehead atoms. The number of rotatable bonds is 5. The predicted molar refractivity (Wildman–Crippen MR) is 108 cm³/mol. The van der Waals surface area contributed by atoms with Crippen molar-refractivity contribution in [3.8, 4) is 0 Å². The van der Waals surface area contributed by atoms with E-state index in [1.165, 1.54) is 44.1 Å². The molecule has 1 aromatic carbocycles. The zero-order valence-electron chi connectivity index (χ0n) is 15.4. The minimum Gasteiger partial charge on any atom is -0.356 e. The van der Waals surface area contributed by atoms with Crippen LogP contribution in [0.15, 0.2) is 29.2 Å². The molecule has 4 atom stereocenters. The van der Waals surface area contributed by atoms with E-state index in [0.29, 0.717) is 23.1 Å². The summed E-state index contributed by atoms with van der Waals surface area (Å²) in [7, 11) is -3.14. The highest BCUT2D eigenvalue weighted by molar-refractivity contribution is 8.00. The average molecular weight is 396 g/mol. The summed E-state index contributed by atoms with van der Waals surface area (Å²) in [6.07, 6.45) is 8.35. The first-order valence-corrected chi connectivity index (χ1v) is 12.6. The topological polar surface area (TPSA) is 61.4 Å². The number of hydrogen-bond acceptors (Lipinski definition) is 6. The molecule has 144 valence electrons. The quantitative estimate of drug-likeness (QED) is 0.799. The fourth-order valence-electron chi connectivity index (χ4n) is 4.47. The van der Waals surface area contributed by atoms with Gasteiger partial charge in [-0.25, -0.2) is 8.42 Å². The van der Waals surface area contributed by atoms with E-state index in [1.54, 1.807) is 12.1 Å². The fraction of sp³-hybridized carbons (Fsp3) is 0.684. The van der Waals surface area contributed by atoms with Crippen molar-refractivity contribution in [2.75, 3.05) is 30.0 Å². The Labute approximate surface area is 161 Å². The zero-order chi connectivity index (χ0) is 18.1. The van der Waals surface area contributed by atoms with Crippen LogP contribution < -0.4 is 15.5 Å². The van der Waals surface area contributed by atoms with Crippen LogP contribution in [0, 0.1) is 5.92 Å². The normalized spacial score (nSPS) is 32.0. The third-order valence-electron chi connectivity index (χ3n) is 5.93. The van der Waals surface area contributed by atoms with Gasteiger partial charge in [-0.3, -0.25) is 5.32 Å². The summed E-state index contributed by atoms with van der Waals surface area (Å²) in [5, 5.41) is 8.34. The number of hydrogen-bond donors (Lipinski definition) is 2. The first kappa shape index (κ1) is 18.6. The van der Waals surface area contributed by atoms with Crippen molar-refractivity contribution < 1.29 is 8.42 Å². The Hall–Kier alpha value is -0.760. The molecule has 4 rings (SSSR count). The second kappa shape index (κ2) is 7.70. The van der Waals surface area contributed by atoms with Gasteiger partial charge in [0.05, 0.1) is 17.2 Å². The predicted octanol–water partition coefficient (Wildman–Crippen LogP) is 2.44. The number of sulfone groups is 1. The Bertz CT molecular complexity index is 717. The highest BCUT2D eigenvalue weighted by Gasteiger charge is 2.38. The molecule has 5 nitrogen and oxygen atoms in total. The maximum atomic E-state index is 11.7. The Morgan fingerprint density at radius 2 is 2.00 bits per heavy atom. The van der Waals surface area contributed by atoms with E-state index in [9.17, 15) is 8.42 Å². The SMILES string of the molecule is CS(=O)(=O)c1ccc(N2CCC3CCC(NCC4CCCS4)NC32)cc1. The zero-order valence-corrected chi connectivity index (χ0v) is 17.0. The Kier molecular flexibility index (Phi) is 5.51. The van der Waals surface area contributed by atoms with Gasteiger partial charge in [-0.15, -0.1) is 0 Å². The van der Waals surface area contributed by atoms with Crippen molar-refractivity contribution in [3.63, 3.8) is 0 Å². The largest absolute Gasteiger partial charge is 0.356 e. The van der Waals surface area contributed by atoms with Crippen LogP contribution in [0.25, 0.3) is 0 Å². The molecule has 0 amide bonds. The lowest BCUT2D eigenvalue weighted by atomic mass is 9.94. The molecule has 3 heterocycles. The van der Waals surface area contributed by atoms with Gasteiger partial charge in [0.2, 0.25) is 0 Å². The second-order valence-corrected chi connectivity index (χ2v) is 11.2. The van der Waals surface area contributed by atoms with Crippen LogP contribution in [0.3, 0.4) is 0 Å². The van der Waals surface area contributed by atoms with Crippen molar-refractivity contribution in [2.24, 2.45) is 5.92 Å². The number of nitrogens with one attached hydrogen (secondary N) is 2. The lowest BCUT2D eigenvalue weighted by molar-refractivity contribution is 0.232. The van der Waals surface area contributed by atoms with Gasteiger partial charge in [-0.1, -0.05) is 0 Å². The summed E-state index contributed by atoms with van der Waals surface area (Å²) in [6, 6.07) is 7.36. The first-order chi connectivity index (χ1) is 12.5. The summed E-state index contributed by atoms with van der Waals surface area (Å²) >= 11 is 2.10. The van der Waals surface area contributed by atoms with Crippen molar-refractivity contribution in [2.45, 2.75) is 54.6 Å². The Morgan fingerprint density at radius 1 is 1.19 bits per heavy atom. The van der Waals surface area contributed by atoms with Gasteiger partial charge in [0.15, 0.2) is 9.84 Å². The molecule has 3 fully saturated rings. The lowest BCUT2D eigenvalue weighted by Crippen LogP contribution is -2.58. The minimum absolute atomic E-state index is 0.349. The molecule has 0 spiro atoms. The van der Waals surface area contributed by atoms with Crippen molar-refractivity contribution in [1.82, 2.24) is 10.6 Å². The summed E-state index contributed by atoms with van der Waals surface area (Å²) in [6.45, 7) is 2.13. The van der Waals surface area contributed by atoms with E-state index in [4.69, 9.17) is 0 Å². The smallest absolute Gasteiger partial charge is 0.175 e. The number of benzene rings is 1. The summed E-state index contributed by atoms with van der Waals surface area (Å²) in [4.78, 5) is 2.80. The maximum absolute atomic E-state index is 11.7. The van der Waals surface area contributed by atoms with Gasteiger partial charge in [-0.2, -0.15) is 11.8 Å². The number of nitrogens with zero attached hydrogens (tertiary/aromatic N) is 1. The first-order valence-electron chi connectivity index (χ1n) is 9.68. The second-order valence-electron chi connectivity index (χ2n) is 7.79. The van der Waals surface area contributed by atoms with E-state index in [2.05, 4.69) is 27.3 Å². The van der Waals surface area contributed by atoms with Crippen LogP contribution in [0.1, 0.15) is 32.1 Å². The molecule has 4 unspecified atom stereocenters. The van der Waals surface area contributed by atoms with Crippen molar-refractivity contribution in [1.29, 1.82) is 0 Å². The standard InChI is InChI=1S/C19H29N3O2S2/c1-26(23,24)17-7-5-15(6-8-17)22-11-10-14-4-9-18(21-19(14)22)20-13-16-3-2-12-25-16/h5-8,14,16,18-21H,2-4,9-13H2,1H3. The van der Waals surface area contributed by atoms with Gasteiger partial charge in [0, 0.05) is 30.3 Å². The molecule has 7 heteroatoms. The van der Waals surface area contributed by atoms with Crippen LogP contribution in [-0.4, -0.2) is 51.1 Å². The van der Waals surface area contributed by atoms with Crippen LogP contribution in [0.4, 0.5) is 5.69 Å². The molecule has 2 N–H and O–H groups in total. The highest BCUT2D eigenvalue weighted by Crippen LogP contribution is 2.35. The molecule has 3 aliphatic heterocycles. The molecule has 3 saturated heterocycles. The minimum atomic E-state index is -3.14. The van der Waals surface area contributed by atoms with E-state index in [0.717, 1.165) is 24.0 Å². The molecule has 0 aromatic heterocycles. The number of anilines is 1. The van der Waals surface area contributed by atoms with Crippen LogP contribution in [0.2, 0.25) is 0 Å². The van der Waals surface area contributed by atoms with Gasteiger partial charge in [0.1, 0.15) is 0 Å². The van der Waals surface area contributed by atoms with Crippen LogP contribution >= 0.6 is 11.8 Å². The van der Waals surface area contributed by atoms with Crippen LogP contribution in [0.5, 0.6) is 0 Å². The molecular formula is C19H29N3O2S2. The molecule has 0 aliphatic carbocycles. The Morgan fingerprint density at radius 3 is 2.69 bits per heavy atom. The van der Waals surface area contributed by atoms with Gasteiger partial charge in [-0.05, 0) is 68.0 Å². The molecule has 1 aromatic rings. The monoisotopic (exact) mass is 395 g/mol. The molecule has 0 radical (unpaired) electrons. The van der Waals surface area contributed by atoms with E-state index in [1.807, 2.05) is 12.1 Å². The number of thioether (sulfide) groups is 1. The number of fused-ring (bicyclic) bond motifs is 1. The average Bonchev–Trinajstić information content (AvgIpc) is 3.28. The third-order valence-corrected chi connectivity index (χ3v) is 8.46. The Balaban J connectivity index is 1.40. The van der Waals surface area contributed by atoms with E-state index < -0.39 is 9.84 Å². The molecular weight excluding hydrogens is 366 g/mol. The highest BCUT2D eigenvalue weighted by atomic mass is 32.2. The van der Waals surface area contributed by atoms with Crippen molar-refractivity contribution >= 4 is 27.3 Å². The van der Waals surface area contributed by atoms with Crippen molar-refractivity contribution in [3.05, 3.63) is 24.3 Å². The fourth-order valence-corrected chi connectivity index (χ4v) is 6.31.